The molecular formula is C12H24N2O. The highest BCUT2D eigenvalue weighted by Gasteiger charge is 2.19. The molecule has 0 saturated carbocycles. The van der Waals surface area contributed by atoms with Gasteiger partial charge in [0.1, 0.15) is 6.23 Å². The molecule has 2 heterocycles. The van der Waals surface area contributed by atoms with Crippen molar-refractivity contribution in [3.8, 4) is 0 Å². The van der Waals surface area contributed by atoms with E-state index in [-0.39, 0.29) is 0 Å². The minimum atomic E-state index is 0.308. The van der Waals surface area contributed by atoms with Crippen LogP contribution >= 0.6 is 0 Å². The van der Waals surface area contributed by atoms with E-state index in [4.69, 9.17) is 4.74 Å². The summed E-state index contributed by atoms with van der Waals surface area (Å²) < 4.78 is 5.74. The van der Waals surface area contributed by atoms with Gasteiger partial charge in [-0.05, 0) is 38.3 Å². The number of ether oxygens (including phenoxy) is 1. The monoisotopic (exact) mass is 212 g/mol. The summed E-state index contributed by atoms with van der Waals surface area (Å²) in [6, 6.07) is 0. The Morgan fingerprint density at radius 1 is 1.27 bits per heavy atom. The van der Waals surface area contributed by atoms with Crippen LogP contribution in [0.4, 0.5) is 0 Å². The number of rotatable bonds is 3. The van der Waals surface area contributed by atoms with E-state index in [1.54, 1.807) is 0 Å². The molecular weight excluding hydrogens is 188 g/mol. The fraction of sp³-hybridized carbons (Fsp3) is 1.00. The molecule has 0 spiro atoms. The molecule has 2 rings (SSSR count). The maximum Gasteiger partial charge on any atom is 0.109 e. The fourth-order valence-corrected chi connectivity index (χ4v) is 2.40. The molecule has 0 aliphatic carbocycles. The second-order valence-corrected chi connectivity index (χ2v) is 5.03. The number of nitrogens with zero attached hydrogens (tertiary/aromatic N) is 1. The lowest BCUT2D eigenvalue weighted by Gasteiger charge is -2.31. The van der Waals surface area contributed by atoms with E-state index in [0.717, 1.165) is 19.6 Å². The van der Waals surface area contributed by atoms with Crippen LogP contribution in [-0.2, 0) is 4.74 Å². The molecule has 2 unspecified atom stereocenters. The number of nitrogens with one attached hydrogen (secondary N) is 1. The molecule has 2 fully saturated rings. The molecule has 2 aliphatic heterocycles. The van der Waals surface area contributed by atoms with E-state index < -0.39 is 0 Å². The van der Waals surface area contributed by atoms with Gasteiger partial charge in [-0.3, -0.25) is 5.32 Å². The zero-order valence-corrected chi connectivity index (χ0v) is 9.87. The van der Waals surface area contributed by atoms with Gasteiger partial charge >= 0.3 is 0 Å². The summed E-state index contributed by atoms with van der Waals surface area (Å²) in [6.07, 6.45) is 5.65. The molecule has 0 aromatic heterocycles. The summed E-state index contributed by atoms with van der Waals surface area (Å²) in [5.74, 6) is 0.677. The summed E-state index contributed by atoms with van der Waals surface area (Å²) in [5, 5.41) is 3.46. The van der Waals surface area contributed by atoms with Crippen LogP contribution in [0.3, 0.4) is 0 Å². The number of hydrogen-bond acceptors (Lipinski definition) is 3. The lowest BCUT2D eigenvalue weighted by atomic mass is 10.1. The lowest BCUT2D eigenvalue weighted by molar-refractivity contribution is -0.0325. The van der Waals surface area contributed by atoms with Gasteiger partial charge in [-0.25, -0.2) is 0 Å². The van der Waals surface area contributed by atoms with Crippen molar-refractivity contribution < 1.29 is 4.74 Å². The molecule has 0 bridgehead atoms. The van der Waals surface area contributed by atoms with E-state index in [1.165, 1.54) is 38.9 Å². The molecule has 2 atom stereocenters. The first kappa shape index (κ1) is 11.4. The summed E-state index contributed by atoms with van der Waals surface area (Å²) in [6.45, 7) is 8.06. The van der Waals surface area contributed by atoms with Gasteiger partial charge in [-0.15, -0.1) is 0 Å². The van der Waals surface area contributed by atoms with Crippen LogP contribution in [0.2, 0.25) is 0 Å². The first-order valence-corrected chi connectivity index (χ1v) is 6.42. The van der Waals surface area contributed by atoms with E-state index in [0.29, 0.717) is 12.1 Å². The molecule has 3 nitrogen and oxygen atoms in total. The molecule has 0 radical (unpaired) electrons. The van der Waals surface area contributed by atoms with Crippen molar-refractivity contribution in [3.63, 3.8) is 0 Å². The van der Waals surface area contributed by atoms with E-state index >= 15 is 0 Å². The minimum Gasteiger partial charge on any atom is -0.363 e. The Hall–Kier alpha value is -0.120. The predicted octanol–water partition coefficient (Wildman–Crippen LogP) is 1.44. The van der Waals surface area contributed by atoms with Crippen LogP contribution in [0.25, 0.3) is 0 Å². The van der Waals surface area contributed by atoms with Crippen LogP contribution in [0.15, 0.2) is 0 Å². The summed E-state index contributed by atoms with van der Waals surface area (Å²) in [4.78, 5) is 2.58. The zero-order valence-electron chi connectivity index (χ0n) is 9.87. The Morgan fingerprint density at radius 3 is 2.73 bits per heavy atom. The Labute approximate surface area is 93.2 Å². The molecule has 1 N–H and O–H groups in total. The van der Waals surface area contributed by atoms with Crippen molar-refractivity contribution in [3.05, 3.63) is 0 Å². The summed E-state index contributed by atoms with van der Waals surface area (Å²) in [5.41, 5.74) is 0. The van der Waals surface area contributed by atoms with Crippen molar-refractivity contribution >= 4 is 0 Å². The van der Waals surface area contributed by atoms with Crippen LogP contribution in [-0.4, -0.2) is 43.9 Å². The topological polar surface area (TPSA) is 24.5 Å². The van der Waals surface area contributed by atoms with Crippen LogP contribution in [0, 0.1) is 5.92 Å². The van der Waals surface area contributed by atoms with Crippen molar-refractivity contribution in [2.75, 3.05) is 32.8 Å². The highest BCUT2D eigenvalue weighted by molar-refractivity contribution is 4.70. The molecule has 3 heteroatoms. The average Bonchev–Trinajstić information content (AvgIpc) is 2.30. The first-order chi connectivity index (χ1) is 7.34. The highest BCUT2D eigenvalue weighted by atomic mass is 16.5. The Balaban J connectivity index is 1.60. The van der Waals surface area contributed by atoms with Crippen molar-refractivity contribution in [2.24, 2.45) is 5.92 Å². The molecule has 0 aromatic carbocycles. The Bertz CT molecular complexity index is 172. The van der Waals surface area contributed by atoms with Gasteiger partial charge in [0.25, 0.3) is 0 Å². The highest BCUT2D eigenvalue weighted by Crippen LogP contribution is 2.12. The summed E-state index contributed by atoms with van der Waals surface area (Å²) in [7, 11) is 0. The third-order valence-electron chi connectivity index (χ3n) is 3.43. The normalized spacial score (nSPS) is 34.2. The van der Waals surface area contributed by atoms with Gasteiger partial charge in [0.15, 0.2) is 0 Å². The number of likely N-dealkylation sites (tertiary alicyclic amines) is 1. The van der Waals surface area contributed by atoms with E-state index in [1.807, 2.05) is 0 Å². The van der Waals surface area contributed by atoms with Crippen molar-refractivity contribution in [1.82, 2.24) is 10.2 Å². The second kappa shape index (κ2) is 5.83. The number of piperidine rings is 1. The molecule has 2 saturated heterocycles. The molecule has 88 valence electrons. The van der Waals surface area contributed by atoms with Gasteiger partial charge in [0, 0.05) is 13.1 Å². The predicted molar refractivity (Wildman–Crippen MR) is 61.8 cm³/mol. The number of hydrogen-bond donors (Lipinski definition) is 1. The SMILES string of the molecule is CC1CNC(CCN2CCCCC2)OC1. The third kappa shape index (κ3) is 3.74. The Kier molecular flexibility index (Phi) is 4.42. The maximum absolute atomic E-state index is 5.74. The molecule has 2 aliphatic rings. The smallest absolute Gasteiger partial charge is 0.109 e. The van der Waals surface area contributed by atoms with Crippen LogP contribution < -0.4 is 5.32 Å². The van der Waals surface area contributed by atoms with E-state index in [9.17, 15) is 0 Å². The Morgan fingerprint density at radius 2 is 2.07 bits per heavy atom. The lowest BCUT2D eigenvalue weighted by Crippen LogP contribution is -2.44. The molecule has 15 heavy (non-hydrogen) atoms. The van der Waals surface area contributed by atoms with Gasteiger partial charge in [-0.2, -0.15) is 0 Å². The molecule has 0 amide bonds. The van der Waals surface area contributed by atoms with Crippen molar-refractivity contribution in [2.45, 2.75) is 38.8 Å². The first-order valence-electron chi connectivity index (χ1n) is 6.42. The van der Waals surface area contributed by atoms with Gasteiger partial charge < -0.3 is 9.64 Å². The fourth-order valence-electron chi connectivity index (χ4n) is 2.40. The third-order valence-corrected chi connectivity index (χ3v) is 3.43. The molecule has 0 aromatic rings. The summed E-state index contributed by atoms with van der Waals surface area (Å²) >= 11 is 0. The van der Waals surface area contributed by atoms with Crippen LogP contribution in [0.5, 0.6) is 0 Å². The van der Waals surface area contributed by atoms with Crippen molar-refractivity contribution in [1.29, 1.82) is 0 Å². The zero-order chi connectivity index (χ0) is 10.5. The van der Waals surface area contributed by atoms with Gasteiger partial charge in [-0.1, -0.05) is 13.3 Å². The minimum absolute atomic E-state index is 0.308. The van der Waals surface area contributed by atoms with E-state index in [2.05, 4.69) is 17.1 Å². The van der Waals surface area contributed by atoms with Crippen LogP contribution in [0.1, 0.15) is 32.6 Å². The quantitative estimate of drug-likeness (QED) is 0.766. The maximum atomic E-state index is 5.74. The second-order valence-electron chi connectivity index (χ2n) is 5.03. The standard InChI is InChI=1S/C12H24N2O/c1-11-9-13-12(15-10-11)5-8-14-6-3-2-4-7-14/h11-13H,2-10H2,1H3. The largest absolute Gasteiger partial charge is 0.363 e. The van der Waals surface area contributed by atoms with Gasteiger partial charge in [0.2, 0.25) is 0 Å². The van der Waals surface area contributed by atoms with Gasteiger partial charge in [0.05, 0.1) is 6.61 Å². The average molecular weight is 212 g/mol.